The van der Waals surface area contributed by atoms with Crippen molar-refractivity contribution < 1.29 is 19.0 Å². The SMILES string of the molecule is COc1nc(CNC(=O)C(C)(C)Oc2ccc(Cl)cc2)nc(N2CCOCC2)n1. The van der Waals surface area contributed by atoms with Crippen molar-refractivity contribution >= 4 is 23.5 Å². The minimum atomic E-state index is -1.10. The maximum atomic E-state index is 12.7. The van der Waals surface area contributed by atoms with Crippen molar-refractivity contribution in [2.24, 2.45) is 0 Å². The van der Waals surface area contributed by atoms with Crippen molar-refractivity contribution in [2.45, 2.75) is 26.0 Å². The van der Waals surface area contributed by atoms with Gasteiger partial charge in [0, 0.05) is 18.1 Å². The van der Waals surface area contributed by atoms with Crippen LogP contribution >= 0.6 is 11.6 Å². The van der Waals surface area contributed by atoms with Gasteiger partial charge in [0.25, 0.3) is 5.91 Å². The molecule has 1 aromatic heterocycles. The third-order valence-electron chi connectivity index (χ3n) is 4.27. The first kappa shape index (κ1) is 21.1. The lowest BCUT2D eigenvalue weighted by atomic mass is 10.1. The van der Waals surface area contributed by atoms with E-state index in [1.165, 1.54) is 7.11 Å². The van der Waals surface area contributed by atoms with Gasteiger partial charge in [0.15, 0.2) is 11.4 Å². The summed E-state index contributed by atoms with van der Waals surface area (Å²) in [5.74, 6) is 1.14. The van der Waals surface area contributed by atoms with Crippen molar-refractivity contribution in [1.29, 1.82) is 0 Å². The number of carbonyl (C=O) groups is 1. The number of aromatic nitrogens is 3. The molecule has 0 saturated carbocycles. The van der Waals surface area contributed by atoms with E-state index in [4.69, 9.17) is 25.8 Å². The first-order valence-corrected chi connectivity index (χ1v) is 9.60. The van der Waals surface area contributed by atoms with E-state index in [0.29, 0.717) is 48.8 Å². The summed E-state index contributed by atoms with van der Waals surface area (Å²) >= 11 is 5.88. The van der Waals surface area contributed by atoms with E-state index in [1.807, 2.05) is 4.90 Å². The number of amides is 1. The summed E-state index contributed by atoms with van der Waals surface area (Å²) in [5, 5.41) is 3.41. The summed E-state index contributed by atoms with van der Waals surface area (Å²) in [6.45, 7) is 6.06. The largest absolute Gasteiger partial charge is 0.478 e. The molecular formula is C19H24ClN5O4. The Kier molecular flexibility index (Phi) is 6.71. The maximum Gasteiger partial charge on any atom is 0.321 e. The second-order valence-corrected chi connectivity index (χ2v) is 7.32. The zero-order valence-electron chi connectivity index (χ0n) is 16.6. The Labute approximate surface area is 174 Å². The van der Waals surface area contributed by atoms with Gasteiger partial charge in [-0.2, -0.15) is 15.0 Å². The summed E-state index contributed by atoms with van der Waals surface area (Å²) in [5.41, 5.74) is -1.10. The maximum absolute atomic E-state index is 12.7. The van der Waals surface area contributed by atoms with Gasteiger partial charge in [0.2, 0.25) is 5.95 Å². The average Bonchev–Trinajstić information content (AvgIpc) is 2.73. The summed E-state index contributed by atoms with van der Waals surface area (Å²) in [4.78, 5) is 27.6. The van der Waals surface area contributed by atoms with Gasteiger partial charge < -0.3 is 24.4 Å². The Morgan fingerprint density at radius 2 is 1.90 bits per heavy atom. The number of carbonyl (C=O) groups excluding carboxylic acids is 1. The third-order valence-corrected chi connectivity index (χ3v) is 4.52. The number of rotatable bonds is 7. The molecule has 1 amide bonds. The molecule has 0 atom stereocenters. The summed E-state index contributed by atoms with van der Waals surface area (Å²) in [6, 6.07) is 7.03. The number of morpholine rings is 1. The van der Waals surface area contributed by atoms with Crippen LogP contribution in [0.2, 0.25) is 5.02 Å². The molecule has 156 valence electrons. The predicted octanol–water partition coefficient (Wildman–Crippen LogP) is 1.84. The average molecular weight is 422 g/mol. The molecule has 1 N–H and O–H groups in total. The van der Waals surface area contributed by atoms with Gasteiger partial charge in [-0.15, -0.1) is 0 Å². The van der Waals surface area contributed by atoms with Gasteiger partial charge in [-0.05, 0) is 38.1 Å². The Morgan fingerprint density at radius 3 is 2.55 bits per heavy atom. The number of hydrogen-bond acceptors (Lipinski definition) is 8. The molecule has 1 fully saturated rings. The highest BCUT2D eigenvalue weighted by atomic mass is 35.5. The van der Waals surface area contributed by atoms with Crippen LogP contribution in [0.3, 0.4) is 0 Å². The van der Waals surface area contributed by atoms with Crippen LogP contribution in [0.15, 0.2) is 24.3 Å². The second-order valence-electron chi connectivity index (χ2n) is 6.89. The highest BCUT2D eigenvalue weighted by Gasteiger charge is 2.30. The molecule has 0 bridgehead atoms. The van der Waals surface area contributed by atoms with Gasteiger partial charge in [0.05, 0.1) is 26.9 Å². The fraction of sp³-hybridized carbons (Fsp3) is 0.474. The van der Waals surface area contributed by atoms with Gasteiger partial charge in [-0.25, -0.2) is 0 Å². The minimum absolute atomic E-state index is 0.114. The van der Waals surface area contributed by atoms with Gasteiger partial charge in [-0.3, -0.25) is 4.79 Å². The Bertz CT molecular complexity index is 841. The Morgan fingerprint density at radius 1 is 1.21 bits per heavy atom. The summed E-state index contributed by atoms with van der Waals surface area (Å²) in [6.07, 6.45) is 0. The zero-order chi connectivity index (χ0) is 20.9. The molecule has 0 aliphatic carbocycles. The van der Waals surface area contributed by atoms with Crippen LogP contribution in [0.1, 0.15) is 19.7 Å². The third kappa shape index (κ3) is 5.68. The summed E-state index contributed by atoms with van der Waals surface area (Å²) in [7, 11) is 1.49. The Balaban J connectivity index is 1.66. The zero-order valence-corrected chi connectivity index (χ0v) is 17.4. The number of benzene rings is 1. The highest BCUT2D eigenvalue weighted by Crippen LogP contribution is 2.21. The molecule has 9 nitrogen and oxygen atoms in total. The van der Waals surface area contributed by atoms with E-state index in [0.717, 1.165) is 0 Å². The van der Waals surface area contributed by atoms with Gasteiger partial charge in [-0.1, -0.05) is 11.6 Å². The van der Waals surface area contributed by atoms with Crippen LogP contribution in [0.25, 0.3) is 0 Å². The van der Waals surface area contributed by atoms with Crippen LogP contribution in [0.5, 0.6) is 11.8 Å². The van der Waals surface area contributed by atoms with Crippen LogP contribution < -0.4 is 19.7 Å². The molecule has 3 rings (SSSR count). The van der Waals surface area contributed by atoms with Gasteiger partial charge >= 0.3 is 6.01 Å². The molecule has 2 heterocycles. The van der Waals surface area contributed by atoms with E-state index < -0.39 is 5.60 Å². The molecule has 0 unspecified atom stereocenters. The quantitative estimate of drug-likeness (QED) is 0.723. The number of ether oxygens (including phenoxy) is 3. The second kappa shape index (κ2) is 9.23. The molecule has 10 heteroatoms. The lowest BCUT2D eigenvalue weighted by Gasteiger charge is -2.27. The van der Waals surface area contributed by atoms with E-state index >= 15 is 0 Å². The van der Waals surface area contributed by atoms with Crippen molar-refractivity contribution in [1.82, 2.24) is 20.3 Å². The number of nitrogens with one attached hydrogen (secondary N) is 1. The number of hydrogen-bond donors (Lipinski definition) is 1. The lowest BCUT2D eigenvalue weighted by Crippen LogP contribution is -2.46. The Hall–Kier alpha value is -2.65. The highest BCUT2D eigenvalue weighted by molar-refractivity contribution is 6.30. The normalized spacial score (nSPS) is 14.4. The van der Waals surface area contributed by atoms with Crippen LogP contribution in [0.4, 0.5) is 5.95 Å². The lowest BCUT2D eigenvalue weighted by molar-refractivity contribution is -0.134. The van der Waals surface area contributed by atoms with Crippen molar-refractivity contribution in [3.05, 3.63) is 35.1 Å². The van der Waals surface area contributed by atoms with E-state index in [1.54, 1.807) is 38.1 Å². The molecule has 2 aromatic rings. The molecule has 1 aliphatic heterocycles. The number of halogens is 1. The number of nitrogens with zero attached hydrogens (tertiary/aromatic N) is 4. The molecular weight excluding hydrogens is 398 g/mol. The van der Waals surface area contributed by atoms with Crippen molar-refractivity contribution in [3.63, 3.8) is 0 Å². The van der Waals surface area contributed by atoms with Crippen molar-refractivity contribution in [3.8, 4) is 11.8 Å². The standard InChI is InChI=1S/C19H24ClN5O4/c1-19(2,29-14-6-4-13(20)5-7-14)16(26)21-12-15-22-17(24-18(23-15)27-3)25-8-10-28-11-9-25/h4-7H,8-12H2,1-3H3,(H,21,26). The first-order valence-electron chi connectivity index (χ1n) is 9.22. The fourth-order valence-electron chi connectivity index (χ4n) is 2.68. The molecule has 0 spiro atoms. The monoisotopic (exact) mass is 421 g/mol. The minimum Gasteiger partial charge on any atom is -0.478 e. The van der Waals surface area contributed by atoms with Crippen molar-refractivity contribution in [2.75, 3.05) is 38.3 Å². The number of methoxy groups -OCH3 is 1. The van der Waals surface area contributed by atoms with E-state index in [2.05, 4.69) is 20.3 Å². The smallest absolute Gasteiger partial charge is 0.321 e. The molecule has 29 heavy (non-hydrogen) atoms. The fourth-order valence-corrected chi connectivity index (χ4v) is 2.80. The molecule has 1 saturated heterocycles. The van der Waals surface area contributed by atoms with E-state index in [-0.39, 0.29) is 18.5 Å². The predicted molar refractivity (Wildman–Crippen MR) is 107 cm³/mol. The molecule has 1 aromatic carbocycles. The van der Waals surface area contributed by atoms with Crippen LogP contribution in [-0.2, 0) is 16.1 Å². The van der Waals surface area contributed by atoms with E-state index in [9.17, 15) is 4.79 Å². The molecule has 1 aliphatic rings. The van der Waals surface area contributed by atoms with Crippen LogP contribution in [-0.4, -0.2) is 59.9 Å². The van der Waals surface area contributed by atoms with Gasteiger partial charge in [0.1, 0.15) is 5.75 Å². The first-order chi connectivity index (χ1) is 13.9. The molecule has 0 radical (unpaired) electrons. The number of anilines is 1. The topological polar surface area (TPSA) is 98.7 Å². The van der Waals surface area contributed by atoms with Crippen LogP contribution in [0, 0.1) is 0 Å². The summed E-state index contributed by atoms with van der Waals surface area (Å²) < 4.78 is 16.3.